The molecular weight excluding hydrogens is 248 g/mol. The van der Waals surface area contributed by atoms with E-state index in [0.29, 0.717) is 12.1 Å². The first-order valence-corrected chi connectivity index (χ1v) is 5.04. The Labute approximate surface area is 100 Å². The molecule has 2 aromatic rings. The van der Waals surface area contributed by atoms with Gasteiger partial charge in [0.05, 0.1) is 0 Å². The summed E-state index contributed by atoms with van der Waals surface area (Å²) < 4.78 is 52.7. The second kappa shape index (κ2) is 4.33. The van der Waals surface area contributed by atoms with Crippen LogP contribution in [0.4, 0.5) is 17.6 Å². The van der Waals surface area contributed by atoms with Crippen LogP contribution in [-0.4, -0.2) is 5.11 Å². The molecule has 0 fully saturated rings. The van der Waals surface area contributed by atoms with Gasteiger partial charge in [-0.05, 0) is 36.8 Å². The molecule has 0 heterocycles. The predicted molar refractivity (Wildman–Crippen MR) is 58.1 cm³/mol. The third kappa shape index (κ3) is 1.92. The summed E-state index contributed by atoms with van der Waals surface area (Å²) in [5.74, 6) is -5.46. The lowest BCUT2D eigenvalue weighted by Gasteiger charge is -2.08. The van der Waals surface area contributed by atoms with Gasteiger partial charge >= 0.3 is 0 Å². The van der Waals surface area contributed by atoms with Gasteiger partial charge in [0.25, 0.3) is 0 Å². The SMILES string of the molecule is Cc1c(O)ccc(-c2cc(F)c(F)c(F)c2)c1F. The van der Waals surface area contributed by atoms with Gasteiger partial charge in [0, 0.05) is 11.1 Å². The Hall–Kier alpha value is -2.04. The van der Waals surface area contributed by atoms with Crippen LogP contribution in [0, 0.1) is 30.2 Å². The molecule has 0 unspecified atom stereocenters. The lowest BCUT2D eigenvalue weighted by molar-refractivity contribution is 0.447. The fourth-order valence-corrected chi connectivity index (χ4v) is 1.61. The van der Waals surface area contributed by atoms with Gasteiger partial charge in [-0.15, -0.1) is 0 Å². The van der Waals surface area contributed by atoms with Crippen LogP contribution in [0.1, 0.15) is 5.56 Å². The molecule has 0 aliphatic rings. The van der Waals surface area contributed by atoms with Crippen molar-refractivity contribution in [2.75, 3.05) is 0 Å². The van der Waals surface area contributed by atoms with Gasteiger partial charge in [-0.3, -0.25) is 0 Å². The number of hydrogen-bond acceptors (Lipinski definition) is 1. The van der Waals surface area contributed by atoms with Gasteiger partial charge in [0.15, 0.2) is 17.5 Å². The zero-order chi connectivity index (χ0) is 13.4. The molecule has 1 N–H and O–H groups in total. The first kappa shape index (κ1) is 12.4. The van der Waals surface area contributed by atoms with Crippen molar-refractivity contribution in [3.8, 4) is 16.9 Å². The maximum Gasteiger partial charge on any atom is 0.194 e. The van der Waals surface area contributed by atoms with Gasteiger partial charge in [0.1, 0.15) is 11.6 Å². The van der Waals surface area contributed by atoms with E-state index in [9.17, 15) is 22.7 Å². The van der Waals surface area contributed by atoms with Gasteiger partial charge in [-0.25, -0.2) is 17.6 Å². The summed E-state index contributed by atoms with van der Waals surface area (Å²) in [5.41, 5.74) is -0.284. The van der Waals surface area contributed by atoms with Crippen molar-refractivity contribution < 1.29 is 22.7 Å². The summed E-state index contributed by atoms with van der Waals surface area (Å²) in [6.07, 6.45) is 0. The molecule has 0 atom stereocenters. The van der Waals surface area contributed by atoms with E-state index in [-0.39, 0.29) is 22.4 Å². The first-order valence-electron chi connectivity index (χ1n) is 5.04. The van der Waals surface area contributed by atoms with Crippen molar-refractivity contribution in [1.82, 2.24) is 0 Å². The topological polar surface area (TPSA) is 20.2 Å². The van der Waals surface area contributed by atoms with Gasteiger partial charge in [-0.1, -0.05) is 0 Å². The number of aromatic hydroxyl groups is 1. The van der Waals surface area contributed by atoms with Crippen LogP contribution in [0.2, 0.25) is 0 Å². The first-order chi connectivity index (χ1) is 8.41. The molecule has 94 valence electrons. The van der Waals surface area contributed by atoms with E-state index in [4.69, 9.17) is 0 Å². The lowest BCUT2D eigenvalue weighted by Crippen LogP contribution is -1.95. The minimum atomic E-state index is -1.60. The van der Waals surface area contributed by atoms with E-state index in [1.165, 1.54) is 19.1 Å². The van der Waals surface area contributed by atoms with Crippen molar-refractivity contribution >= 4 is 0 Å². The number of phenolic OH excluding ortho intramolecular Hbond substituents is 1. The highest BCUT2D eigenvalue weighted by Gasteiger charge is 2.16. The smallest absolute Gasteiger partial charge is 0.194 e. The Balaban J connectivity index is 2.67. The minimum Gasteiger partial charge on any atom is -0.508 e. The molecule has 0 spiro atoms. The molecule has 0 bridgehead atoms. The highest BCUT2D eigenvalue weighted by Crippen LogP contribution is 2.31. The molecule has 2 aromatic carbocycles. The normalized spacial score (nSPS) is 10.7. The van der Waals surface area contributed by atoms with E-state index < -0.39 is 23.3 Å². The van der Waals surface area contributed by atoms with Crippen LogP contribution in [0.25, 0.3) is 11.1 Å². The maximum absolute atomic E-state index is 13.8. The second-order valence-corrected chi connectivity index (χ2v) is 3.83. The molecule has 2 rings (SSSR count). The highest BCUT2D eigenvalue weighted by molar-refractivity contribution is 5.66. The third-order valence-corrected chi connectivity index (χ3v) is 2.65. The van der Waals surface area contributed by atoms with Crippen LogP contribution in [0.15, 0.2) is 24.3 Å². The Bertz CT molecular complexity index is 600. The van der Waals surface area contributed by atoms with Crippen molar-refractivity contribution in [3.63, 3.8) is 0 Å². The Morgan fingerprint density at radius 3 is 2.00 bits per heavy atom. The van der Waals surface area contributed by atoms with Crippen LogP contribution < -0.4 is 0 Å². The molecule has 0 aliphatic carbocycles. The molecule has 0 radical (unpaired) electrons. The average molecular weight is 256 g/mol. The lowest BCUT2D eigenvalue weighted by atomic mass is 10.0. The molecule has 0 aliphatic heterocycles. The molecular formula is C13H8F4O. The largest absolute Gasteiger partial charge is 0.508 e. The Kier molecular flexibility index (Phi) is 2.98. The van der Waals surface area contributed by atoms with Crippen LogP contribution in [0.5, 0.6) is 5.75 Å². The monoisotopic (exact) mass is 256 g/mol. The number of hydrogen-bond donors (Lipinski definition) is 1. The summed E-state index contributed by atoms with van der Waals surface area (Å²) in [4.78, 5) is 0. The van der Waals surface area contributed by atoms with E-state index in [1.54, 1.807) is 0 Å². The maximum atomic E-state index is 13.8. The van der Waals surface area contributed by atoms with Gasteiger partial charge in [-0.2, -0.15) is 0 Å². The zero-order valence-electron chi connectivity index (χ0n) is 9.27. The van der Waals surface area contributed by atoms with Crippen molar-refractivity contribution in [2.45, 2.75) is 6.92 Å². The molecule has 1 nitrogen and oxygen atoms in total. The van der Waals surface area contributed by atoms with Crippen molar-refractivity contribution in [2.24, 2.45) is 0 Å². The van der Waals surface area contributed by atoms with E-state index >= 15 is 0 Å². The summed E-state index contributed by atoms with van der Waals surface area (Å²) in [5, 5.41) is 9.28. The highest BCUT2D eigenvalue weighted by atomic mass is 19.2. The number of rotatable bonds is 1. The van der Waals surface area contributed by atoms with E-state index in [2.05, 4.69) is 0 Å². The standard InChI is InChI=1S/C13H8F4O/c1-6-11(18)3-2-8(12(6)16)7-4-9(14)13(17)10(15)5-7/h2-5,18H,1H3. The molecule has 18 heavy (non-hydrogen) atoms. The zero-order valence-corrected chi connectivity index (χ0v) is 9.27. The van der Waals surface area contributed by atoms with E-state index in [1.807, 2.05) is 0 Å². The molecule has 0 aromatic heterocycles. The fraction of sp³-hybridized carbons (Fsp3) is 0.0769. The molecule has 0 amide bonds. The Morgan fingerprint density at radius 2 is 1.44 bits per heavy atom. The fourth-order valence-electron chi connectivity index (χ4n) is 1.61. The average Bonchev–Trinajstić information content (AvgIpc) is 2.33. The quantitative estimate of drug-likeness (QED) is 0.605. The minimum absolute atomic E-state index is 0.0439. The Morgan fingerprint density at radius 1 is 0.889 bits per heavy atom. The van der Waals surface area contributed by atoms with Gasteiger partial charge < -0.3 is 5.11 Å². The van der Waals surface area contributed by atoms with Crippen LogP contribution in [-0.2, 0) is 0 Å². The van der Waals surface area contributed by atoms with E-state index in [0.717, 1.165) is 0 Å². The number of phenols is 1. The summed E-state index contributed by atoms with van der Waals surface area (Å²) in [6.45, 7) is 1.32. The third-order valence-electron chi connectivity index (χ3n) is 2.65. The number of benzene rings is 2. The number of halogens is 4. The van der Waals surface area contributed by atoms with Crippen molar-refractivity contribution in [1.29, 1.82) is 0 Å². The van der Waals surface area contributed by atoms with Crippen molar-refractivity contribution in [3.05, 3.63) is 53.1 Å². The molecule has 0 saturated carbocycles. The second-order valence-electron chi connectivity index (χ2n) is 3.83. The molecule has 0 saturated heterocycles. The van der Waals surface area contributed by atoms with Gasteiger partial charge in [0.2, 0.25) is 0 Å². The summed E-state index contributed by atoms with van der Waals surface area (Å²) in [6, 6.07) is 3.78. The van der Waals surface area contributed by atoms with Crippen LogP contribution in [0.3, 0.4) is 0 Å². The summed E-state index contributed by atoms with van der Waals surface area (Å²) >= 11 is 0. The predicted octanol–water partition coefficient (Wildman–Crippen LogP) is 3.92. The van der Waals surface area contributed by atoms with Crippen LogP contribution >= 0.6 is 0 Å². The molecule has 5 heteroatoms. The summed E-state index contributed by atoms with van der Waals surface area (Å²) in [7, 11) is 0.